The van der Waals surface area contributed by atoms with E-state index in [2.05, 4.69) is 20.6 Å². The first kappa shape index (κ1) is 13.7. The van der Waals surface area contributed by atoms with Crippen molar-refractivity contribution in [1.82, 2.24) is 20.0 Å². The van der Waals surface area contributed by atoms with Crippen molar-refractivity contribution in [3.63, 3.8) is 0 Å². The molecule has 2 rings (SSSR count). The zero-order chi connectivity index (χ0) is 14.0. The molecule has 0 fully saturated rings. The monoisotopic (exact) mass is 279 g/mol. The minimum Gasteiger partial charge on any atom is -0.295 e. The Kier molecular flexibility index (Phi) is 3.94. The van der Waals surface area contributed by atoms with Crippen LogP contribution in [-0.4, -0.2) is 25.9 Å². The predicted octanol–water partition coefficient (Wildman–Crippen LogP) is 2.44. The molecule has 19 heavy (non-hydrogen) atoms. The molecule has 0 atom stereocenters. The number of rotatable bonds is 4. The van der Waals surface area contributed by atoms with Gasteiger partial charge >= 0.3 is 0 Å². The van der Waals surface area contributed by atoms with Gasteiger partial charge in [-0.05, 0) is 19.9 Å². The SMILES string of the molecule is CCn1nc(C)cc1C(=O)Nc1nnc(C(C)C)s1. The van der Waals surface area contributed by atoms with E-state index in [0.29, 0.717) is 23.3 Å². The van der Waals surface area contributed by atoms with Crippen LogP contribution in [0.5, 0.6) is 0 Å². The standard InChI is InChI=1S/C12H17N5OS/c1-5-17-9(6-8(4)16-17)10(18)13-12-15-14-11(19-12)7(2)3/h6-7H,5H2,1-4H3,(H,13,15,18). The lowest BCUT2D eigenvalue weighted by atomic mass is 10.2. The van der Waals surface area contributed by atoms with Crippen LogP contribution in [0.25, 0.3) is 0 Å². The molecule has 0 unspecified atom stereocenters. The highest BCUT2D eigenvalue weighted by Crippen LogP contribution is 2.22. The highest BCUT2D eigenvalue weighted by atomic mass is 32.1. The smallest absolute Gasteiger partial charge is 0.275 e. The van der Waals surface area contributed by atoms with Gasteiger partial charge in [0.25, 0.3) is 5.91 Å². The lowest BCUT2D eigenvalue weighted by Crippen LogP contribution is -2.17. The van der Waals surface area contributed by atoms with Crippen molar-refractivity contribution < 1.29 is 4.79 Å². The maximum absolute atomic E-state index is 12.2. The van der Waals surface area contributed by atoms with E-state index in [0.717, 1.165) is 10.7 Å². The maximum Gasteiger partial charge on any atom is 0.275 e. The van der Waals surface area contributed by atoms with Crippen LogP contribution in [0.4, 0.5) is 5.13 Å². The molecule has 1 N–H and O–H groups in total. The lowest BCUT2D eigenvalue weighted by molar-refractivity contribution is 0.101. The zero-order valence-electron chi connectivity index (χ0n) is 11.5. The molecule has 7 heteroatoms. The third-order valence-electron chi connectivity index (χ3n) is 2.59. The Morgan fingerprint density at radius 2 is 2.21 bits per heavy atom. The van der Waals surface area contributed by atoms with Crippen LogP contribution in [0.15, 0.2) is 6.07 Å². The van der Waals surface area contributed by atoms with Crippen LogP contribution in [0.1, 0.15) is 47.9 Å². The molecule has 2 aromatic rings. The number of hydrogen-bond acceptors (Lipinski definition) is 5. The maximum atomic E-state index is 12.2. The molecule has 0 aliphatic carbocycles. The van der Waals surface area contributed by atoms with Crippen molar-refractivity contribution in [2.75, 3.05) is 5.32 Å². The van der Waals surface area contributed by atoms with Crippen LogP contribution in [0, 0.1) is 6.92 Å². The molecule has 0 radical (unpaired) electrons. The van der Waals surface area contributed by atoms with E-state index in [1.54, 1.807) is 10.7 Å². The number of carbonyl (C=O) groups excluding carboxylic acids is 1. The minimum atomic E-state index is -0.200. The highest BCUT2D eigenvalue weighted by Gasteiger charge is 2.16. The van der Waals surface area contributed by atoms with Crippen molar-refractivity contribution >= 4 is 22.4 Å². The van der Waals surface area contributed by atoms with E-state index >= 15 is 0 Å². The van der Waals surface area contributed by atoms with E-state index in [1.807, 2.05) is 27.7 Å². The molecule has 0 bridgehead atoms. The summed E-state index contributed by atoms with van der Waals surface area (Å²) in [5.41, 5.74) is 1.37. The number of hydrogen-bond donors (Lipinski definition) is 1. The van der Waals surface area contributed by atoms with Crippen molar-refractivity contribution in [2.24, 2.45) is 0 Å². The number of amides is 1. The Morgan fingerprint density at radius 1 is 1.47 bits per heavy atom. The molecule has 0 spiro atoms. The number of nitrogens with one attached hydrogen (secondary N) is 1. The quantitative estimate of drug-likeness (QED) is 0.933. The fourth-order valence-electron chi connectivity index (χ4n) is 1.65. The van der Waals surface area contributed by atoms with Gasteiger partial charge in [0.15, 0.2) is 0 Å². The molecule has 102 valence electrons. The van der Waals surface area contributed by atoms with Crippen LogP contribution in [0.2, 0.25) is 0 Å². The molecule has 0 aliphatic rings. The van der Waals surface area contributed by atoms with Gasteiger partial charge in [0.1, 0.15) is 10.7 Å². The first-order valence-electron chi connectivity index (χ1n) is 6.20. The summed E-state index contributed by atoms with van der Waals surface area (Å²) in [6.07, 6.45) is 0. The van der Waals surface area contributed by atoms with Gasteiger partial charge in [0.05, 0.1) is 5.69 Å². The third-order valence-corrected chi connectivity index (χ3v) is 3.73. The summed E-state index contributed by atoms with van der Waals surface area (Å²) in [6, 6.07) is 1.77. The van der Waals surface area contributed by atoms with Gasteiger partial charge in [0.2, 0.25) is 5.13 Å². The van der Waals surface area contributed by atoms with E-state index in [4.69, 9.17) is 0 Å². The number of anilines is 1. The number of aromatic nitrogens is 4. The van der Waals surface area contributed by atoms with Gasteiger partial charge in [-0.2, -0.15) is 5.10 Å². The van der Waals surface area contributed by atoms with E-state index in [-0.39, 0.29) is 5.91 Å². The topological polar surface area (TPSA) is 72.7 Å². The Labute approximate surface area is 115 Å². The van der Waals surface area contributed by atoms with Crippen molar-refractivity contribution in [3.8, 4) is 0 Å². The normalized spacial score (nSPS) is 11.0. The fourth-order valence-corrected chi connectivity index (χ4v) is 2.39. The van der Waals surface area contributed by atoms with E-state index in [9.17, 15) is 4.79 Å². The second-order valence-corrected chi connectivity index (χ2v) is 5.55. The second-order valence-electron chi connectivity index (χ2n) is 4.54. The van der Waals surface area contributed by atoms with Crippen LogP contribution < -0.4 is 5.32 Å². The first-order valence-corrected chi connectivity index (χ1v) is 7.02. The van der Waals surface area contributed by atoms with Gasteiger partial charge in [0, 0.05) is 12.5 Å². The lowest BCUT2D eigenvalue weighted by Gasteiger charge is -2.03. The first-order chi connectivity index (χ1) is 9.01. The van der Waals surface area contributed by atoms with Gasteiger partial charge in [-0.3, -0.25) is 14.8 Å². The average molecular weight is 279 g/mol. The van der Waals surface area contributed by atoms with Crippen LogP contribution in [-0.2, 0) is 6.54 Å². The Morgan fingerprint density at radius 3 is 2.79 bits per heavy atom. The average Bonchev–Trinajstić information content (AvgIpc) is 2.95. The predicted molar refractivity (Wildman–Crippen MR) is 74.6 cm³/mol. The van der Waals surface area contributed by atoms with Crippen LogP contribution in [0.3, 0.4) is 0 Å². The summed E-state index contributed by atoms with van der Waals surface area (Å²) in [6.45, 7) is 8.56. The molecule has 1 amide bonds. The Balaban J connectivity index is 2.15. The minimum absolute atomic E-state index is 0.200. The summed E-state index contributed by atoms with van der Waals surface area (Å²) < 4.78 is 1.68. The highest BCUT2D eigenvalue weighted by molar-refractivity contribution is 7.15. The number of carbonyl (C=O) groups is 1. The largest absolute Gasteiger partial charge is 0.295 e. The molecule has 0 aromatic carbocycles. The van der Waals surface area contributed by atoms with E-state index < -0.39 is 0 Å². The van der Waals surface area contributed by atoms with Gasteiger partial charge < -0.3 is 0 Å². The number of aryl methyl sites for hydroxylation is 2. The summed E-state index contributed by atoms with van der Waals surface area (Å²) >= 11 is 1.40. The molecule has 6 nitrogen and oxygen atoms in total. The third kappa shape index (κ3) is 2.98. The Hall–Kier alpha value is -1.76. The van der Waals surface area contributed by atoms with E-state index in [1.165, 1.54) is 11.3 Å². The van der Waals surface area contributed by atoms with Crippen molar-refractivity contribution in [2.45, 2.75) is 40.2 Å². The Bertz CT molecular complexity index is 587. The molecule has 2 heterocycles. The van der Waals surface area contributed by atoms with Crippen molar-refractivity contribution in [3.05, 3.63) is 22.5 Å². The molecule has 0 aliphatic heterocycles. The molecular formula is C12H17N5OS. The molecule has 2 aromatic heterocycles. The summed E-state index contributed by atoms with van der Waals surface area (Å²) in [5.74, 6) is 0.112. The van der Waals surface area contributed by atoms with Gasteiger partial charge in [-0.15, -0.1) is 10.2 Å². The fraction of sp³-hybridized carbons (Fsp3) is 0.500. The van der Waals surface area contributed by atoms with Gasteiger partial charge in [-0.1, -0.05) is 25.2 Å². The van der Waals surface area contributed by atoms with Gasteiger partial charge in [-0.25, -0.2) is 0 Å². The second kappa shape index (κ2) is 5.48. The molecule has 0 saturated heterocycles. The van der Waals surface area contributed by atoms with Crippen LogP contribution >= 0.6 is 11.3 Å². The zero-order valence-corrected chi connectivity index (χ0v) is 12.3. The van der Waals surface area contributed by atoms with Crippen molar-refractivity contribution in [1.29, 1.82) is 0 Å². The number of nitrogens with zero attached hydrogens (tertiary/aromatic N) is 4. The molecule has 0 saturated carbocycles. The summed E-state index contributed by atoms with van der Waals surface area (Å²) in [5, 5.41) is 16.5. The molecular weight excluding hydrogens is 262 g/mol. The summed E-state index contributed by atoms with van der Waals surface area (Å²) in [4.78, 5) is 12.2. The summed E-state index contributed by atoms with van der Waals surface area (Å²) in [7, 11) is 0.